The molecular weight excluding hydrogens is 330 g/mol. The molecule has 0 unspecified atom stereocenters. The zero-order chi connectivity index (χ0) is 19.5. The Balaban J connectivity index is 2.76. The van der Waals surface area contributed by atoms with E-state index in [0.29, 0.717) is 19.0 Å². The van der Waals surface area contributed by atoms with Gasteiger partial charge in [-0.2, -0.15) is 0 Å². The predicted molar refractivity (Wildman–Crippen MR) is 104 cm³/mol. The fourth-order valence-corrected chi connectivity index (χ4v) is 2.31. The molecule has 0 aliphatic heterocycles. The summed E-state index contributed by atoms with van der Waals surface area (Å²) in [6.45, 7) is 9.14. The van der Waals surface area contributed by atoms with E-state index in [9.17, 15) is 9.59 Å². The maximum Gasteiger partial charge on any atom is 0.307 e. The molecule has 0 aliphatic carbocycles. The summed E-state index contributed by atoms with van der Waals surface area (Å²) in [6.07, 6.45) is 4.51. The van der Waals surface area contributed by atoms with Crippen LogP contribution in [0, 0.1) is 5.92 Å². The van der Waals surface area contributed by atoms with Crippen LogP contribution < -0.4 is 4.74 Å². The van der Waals surface area contributed by atoms with Crippen LogP contribution in [0.5, 0.6) is 5.75 Å². The molecule has 1 rings (SSSR count). The molecule has 0 saturated carbocycles. The highest BCUT2D eigenvalue weighted by molar-refractivity contribution is 5.92. The number of amides is 1. The van der Waals surface area contributed by atoms with Crippen LogP contribution in [0.2, 0.25) is 0 Å². The second-order valence-corrected chi connectivity index (χ2v) is 6.91. The first-order chi connectivity index (χ1) is 12.3. The van der Waals surface area contributed by atoms with Crippen LogP contribution >= 0.6 is 0 Å². The fraction of sp³-hybridized carbons (Fsp3) is 0.524. The number of carbonyl (C=O) groups is 2. The standard InChI is InChI=1S/C21H31NO4/c1-16(2)11-13-22(14-12-21(24)25-5)20(23)10-9-18-7-6-8-19(15-18)26-17(3)4/h6-10,15-17H,11-14H2,1-5H3/b10-9+. The monoisotopic (exact) mass is 361 g/mol. The first kappa shape index (κ1) is 21.7. The highest BCUT2D eigenvalue weighted by Crippen LogP contribution is 2.16. The van der Waals surface area contributed by atoms with Crippen molar-refractivity contribution in [3.05, 3.63) is 35.9 Å². The van der Waals surface area contributed by atoms with E-state index in [0.717, 1.165) is 17.7 Å². The zero-order valence-corrected chi connectivity index (χ0v) is 16.5. The number of esters is 1. The van der Waals surface area contributed by atoms with Gasteiger partial charge in [-0.25, -0.2) is 0 Å². The second-order valence-electron chi connectivity index (χ2n) is 6.91. The van der Waals surface area contributed by atoms with Crippen LogP contribution in [0.3, 0.4) is 0 Å². The largest absolute Gasteiger partial charge is 0.491 e. The van der Waals surface area contributed by atoms with Crippen LogP contribution in [0.4, 0.5) is 0 Å². The molecule has 0 fully saturated rings. The molecule has 0 heterocycles. The molecule has 26 heavy (non-hydrogen) atoms. The highest BCUT2D eigenvalue weighted by atomic mass is 16.5. The van der Waals surface area contributed by atoms with Crippen LogP contribution in [-0.4, -0.2) is 43.1 Å². The molecular formula is C21H31NO4. The number of hydrogen-bond donors (Lipinski definition) is 0. The minimum Gasteiger partial charge on any atom is -0.491 e. The lowest BCUT2D eigenvalue weighted by atomic mass is 10.1. The fourth-order valence-electron chi connectivity index (χ4n) is 2.31. The molecule has 0 spiro atoms. The Labute approximate surface area is 157 Å². The topological polar surface area (TPSA) is 55.8 Å². The third-order valence-corrected chi connectivity index (χ3v) is 3.75. The van der Waals surface area contributed by atoms with E-state index >= 15 is 0 Å². The number of rotatable bonds is 10. The van der Waals surface area contributed by atoms with Gasteiger partial charge in [0.15, 0.2) is 0 Å². The normalized spacial score (nSPS) is 11.2. The van der Waals surface area contributed by atoms with Gasteiger partial charge in [0.05, 0.1) is 19.6 Å². The predicted octanol–water partition coefficient (Wildman–Crippen LogP) is 3.92. The van der Waals surface area contributed by atoms with E-state index in [1.807, 2.05) is 38.1 Å². The summed E-state index contributed by atoms with van der Waals surface area (Å²) in [5.41, 5.74) is 0.897. The average Bonchev–Trinajstić information content (AvgIpc) is 2.59. The molecule has 5 heteroatoms. The molecule has 0 aliphatic rings. The number of carbonyl (C=O) groups excluding carboxylic acids is 2. The lowest BCUT2D eigenvalue weighted by molar-refractivity contribution is -0.141. The Morgan fingerprint density at radius 1 is 1.15 bits per heavy atom. The Hall–Kier alpha value is -2.30. The zero-order valence-electron chi connectivity index (χ0n) is 16.5. The van der Waals surface area contributed by atoms with Crippen molar-refractivity contribution in [2.45, 2.75) is 46.6 Å². The van der Waals surface area contributed by atoms with E-state index in [1.54, 1.807) is 17.1 Å². The van der Waals surface area contributed by atoms with Gasteiger partial charge in [0, 0.05) is 19.2 Å². The highest BCUT2D eigenvalue weighted by Gasteiger charge is 2.13. The van der Waals surface area contributed by atoms with Gasteiger partial charge in [-0.3, -0.25) is 9.59 Å². The first-order valence-corrected chi connectivity index (χ1v) is 9.12. The van der Waals surface area contributed by atoms with Gasteiger partial charge in [0.25, 0.3) is 0 Å². The minimum absolute atomic E-state index is 0.0979. The quantitative estimate of drug-likeness (QED) is 0.468. The molecule has 1 amide bonds. The molecule has 0 bridgehead atoms. The number of methoxy groups -OCH3 is 1. The van der Waals surface area contributed by atoms with E-state index in [1.165, 1.54) is 7.11 Å². The van der Waals surface area contributed by atoms with Crippen LogP contribution in [0.1, 0.15) is 46.1 Å². The van der Waals surface area contributed by atoms with Gasteiger partial charge < -0.3 is 14.4 Å². The van der Waals surface area contributed by atoms with E-state index in [-0.39, 0.29) is 24.4 Å². The lowest BCUT2D eigenvalue weighted by Gasteiger charge is -2.21. The first-order valence-electron chi connectivity index (χ1n) is 9.12. The Bertz CT molecular complexity index is 608. The summed E-state index contributed by atoms with van der Waals surface area (Å²) in [7, 11) is 1.36. The van der Waals surface area contributed by atoms with Crippen molar-refractivity contribution < 1.29 is 19.1 Å². The van der Waals surface area contributed by atoms with E-state index in [2.05, 4.69) is 18.6 Å². The molecule has 1 aromatic rings. The average molecular weight is 361 g/mol. The van der Waals surface area contributed by atoms with Gasteiger partial charge in [0.2, 0.25) is 5.91 Å². The van der Waals surface area contributed by atoms with Crippen molar-refractivity contribution in [1.29, 1.82) is 0 Å². The number of benzene rings is 1. The third kappa shape index (κ3) is 8.70. The third-order valence-electron chi connectivity index (χ3n) is 3.75. The Morgan fingerprint density at radius 2 is 1.88 bits per heavy atom. The van der Waals surface area contributed by atoms with Crippen LogP contribution in [0.15, 0.2) is 30.3 Å². The Morgan fingerprint density at radius 3 is 2.50 bits per heavy atom. The lowest BCUT2D eigenvalue weighted by Crippen LogP contribution is -2.33. The molecule has 0 N–H and O–H groups in total. The minimum atomic E-state index is -0.310. The molecule has 144 valence electrons. The smallest absolute Gasteiger partial charge is 0.307 e. The second kappa shape index (κ2) is 11.3. The van der Waals surface area contributed by atoms with E-state index in [4.69, 9.17) is 4.74 Å². The number of nitrogens with zero attached hydrogens (tertiary/aromatic N) is 1. The summed E-state index contributed by atoms with van der Waals surface area (Å²) >= 11 is 0. The summed E-state index contributed by atoms with van der Waals surface area (Å²) in [5, 5.41) is 0. The molecule has 0 radical (unpaired) electrons. The molecule has 1 aromatic carbocycles. The van der Waals surface area contributed by atoms with Gasteiger partial charge >= 0.3 is 5.97 Å². The maximum atomic E-state index is 12.5. The molecule has 0 aromatic heterocycles. The summed E-state index contributed by atoms with van der Waals surface area (Å²) in [4.78, 5) is 25.6. The summed E-state index contributed by atoms with van der Waals surface area (Å²) in [5.74, 6) is 0.842. The van der Waals surface area contributed by atoms with Crippen molar-refractivity contribution in [2.75, 3.05) is 20.2 Å². The number of ether oxygens (including phenoxy) is 2. The van der Waals surface area contributed by atoms with E-state index < -0.39 is 0 Å². The molecule has 0 atom stereocenters. The van der Waals surface area contributed by atoms with Gasteiger partial charge in [-0.1, -0.05) is 26.0 Å². The van der Waals surface area contributed by atoms with Gasteiger partial charge in [0.1, 0.15) is 5.75 Å². The van der Waals surface area contributed by atoms with Crippen molar-refractivity contribution in [2.24, 2.45) is 5.92 Å². The molecule has 0 saturated heterocycles. The maximum absolute atomic E-state index is 12.5. The van der Waals surface area contributed by atoms with Crippen molar-refractivity contribution in [1.82, 2.24) is 4.90 Å². The van der Waals surface area contributed by atoms with Crippen LogP contribution in [-0.2, 0) is 14.3 Å². The van der Waals surface area contributed by atoms with Gasteiger partial charge in [-0.05, 0) is 50.0 Å². The van der Waals surface area contributed by atoms with Crippen molar-refractivity contribution in [3.8, 4) is 5.75 Å². The van der Waals surface area contributed by atoms with Crippen LogP contribution in [0.25, 0.3) is 6.08 Å². The summed E-state index contributed by atoms with van der Waals surface area (Å²) in [6, 6.07) is 7.61. The van der Waals surface area contributed by atoms with Crippen molar-refractivity contribution in [3.63, 3.8) is 0 Å². The Kier molecular flexibility index (Phi) is 9.48. The van der Waals surface area contributed by atoms with Gasteiger partial charge in [-0.15, -0.1) is 0 Å². The SMILES string of the molecule is COC(=O)CCN(CCC(C)C)C(=O)/C=C/c1cccc(OC(C)C)c1. The summed E-state index contributed by atoms with van der Waals surface area (Å²) < 4.78 is 10.3. The molecule has 5 nitrogen and oxygen atoms in total. The van der Waals surface area contributed by atoms with Crippen molar-refractivity contribution >= 4 is 18.0 Å². The number of hydrogen-bond acceptors (Lipinski definition) is 4.